The van der Waals surface area contributed by atoms with Crippen LogP contribution in [0.1, 0.15) is 108 Å². The predicted octanol–water partition coefficient (Wildman–Crippen LogP) is 8.00. The van der Waals surface area contributed by atoms with E-state index in [4.69, 9.17) is 0 Å². The molecule has 0 spiro atoms. The van der Waals surface area contributed by atoms with Crippen LogP contribution in [0.4, 0.5) is 8.78 Å². The third-order valence-corrected chi connectivity index (χ3v) is 7.30. The minimum absolute atomic E-state index is 0.166. The molecule has 0 aromatic heterocycles. The second-order valence-corrected chi connectivity index (χ2v) is 9.18. The molecule has 0 amide bonds. The quantitative estimate of drug-likeness (QED) is 0.434. The number of hydrogen-bond donors (Lipinski definition) is 0. The third-order valence-electron chi connectivity index (χ3n) is 7.30. The van der Waals surface area contributed by atoms with Crippen LogP contribution in [0.25, 0.3) is 0 Å². The molecule has 2 heteroatoms. The molecule has 0 atom stereocenters. The minimum atomic E-state index is -0.771. The van der Waals surface area contributed by atoms with Gasteiger partial charge in [0.2, 0.25) is 0 Å². The van der Waals surface area contributed by atoms with E-state index in [1.165, 1.54) is 51.4 Å². The standard InChI is InChI=1S/C26H36F2/c1-3-5-19-7-9-20(10-8-19)11-12-21-13-15-22(16-14-21)24-18-17-23(6-4-2)25(27)26(24)28/h17-22H,3,5,7-16H2,1-2H3. The zero-order chi connectivity index (χ0) is 19.9. The van der Waals surface area contributed by atoms with Gasteiger partial charge >= 0.3 is 0 Å². The zero-order valence-corrected chi connectivity index (χ0v) is 17.7. The van der Waals surface area contributed by atoms with Gasteiger partial charge in [-0.3, -0.25) is 0 Å². The van der Waals surface area contributed by atoms with Crippen molar-refractivity contribution in [3.63, 3.8) is 0 Å². The molecule has 2 aliphatic rings. The van der Waals surface area contributed by atoms with E-state index >= 15 is 0 Å². The van der Waals surface area contributed by atoms with Gasteiger partial charge < -0.3 is 0 Å². The van der Waals surface area contributed by atoms with Gasteiger partial charge in [0.25, 0.3) is 0 Å². The van der Waals surface area contributed by atoms with E-state index in [9.17, 15) is 8.78 Å². The van der Waals surface area contributed by atoms with Crippen molar-refractivity contribution in [3.8, 4) is 11.8 Å². The van der Waals surface area contributed by atoms with E-state index in [1.54, 1.807) is 19.1 Å². The fourth-order valence-corrected chi connectivity index (χ4v) is 5.56. The van der Waals surface area contributed by atoms with Crippen LogP contribution >= 0.6 is 0 Å². The Balaban J connectivity index is 1.45. The molecule has 1 aromatic rings. The van der Waals surface area contributed by atoms with Crippen LogP contribution in [-0.4, -0.2) is 0 Å². The van der Waals surface area contributed by atoms with Gasteiger partial charge in [-0.2, -0.15) is 0 Å². The van der Waals surface area contributed by atoms with E-state index in [2.05, 4.69) is 18.8 Å². The highest BCUT2D eigenvalue weighted by Gasteiger charge is 2.27. The van der Waals surface area contributed by atoms with Crippen LogP contribution in [0.5, 0.6) is 0 Å². The lowest BCUT2D eigenvalue weighted by atomic mass is 9.74. The van der Waals surface area contributed by atoms with Gasteiger partial charge in [0.05, 0.1) is 5.56 Å². The Morgan fingerprint density at radius 1 is 0.786 bits per heavy atom. The topological polar surface area (TPSA) is 0 Å². The van der Waals surface area contributed by atoms with Crippen LogP contribution in [-0.2, 0) is 0 Å². The van der Waals surface area contributed by atoms with Crippen molar-refractivity contribution in [3.05, 3.63) is 34.9 Å². The summed E-state index contributed by atoms with van der Waals surface area (Å²) < 4.78 is 28.7. The molecule has 0 unspecified atom stereocenters. The van der Waals surface area contributed by atoms with Gasteiger partial charge in [-0.1, -0.05) is 70.3 Å². The first-order chi connectivity index (χ1) is 13.6. The molecular weight excluding hydrogens is 350 g/mol. The second kappa shape index (κ2) is 10.4. The Hall–Kier alpha value is -1.36. The number of benzene rings is 1. The molecule has 28 heavy (non-hydrogen) atoms. The zero-order valence-electron chi connectivity index (χ0n) is 17.7. The van der Waals surface area contributed by atoms with Gasteiger partial charge in [0, 0.05) is 0 Å². The van der Waals surface area contributed by atoms with E-state index in [0.717, 1.165) is 43.4 Å². The highest BCUT2D eigenvalue weighted by Crippen LogP contribution is 2.41. The molecule has 0 aliphatic heterocycles. The van der Waals surface area contributed by atoms with Crippen molar-refractivity contribution in [1.29, 1.82) is 0 Å². The lowest BCUT2D eigenvalue weighted by Gasteiger charge is -2.32. The summed E-state index contributed by atoms with van der Waals surface area (Å²) in [6, 6.07) is 3.41. The highest BCUT2D eigenvalue weighted by molar-refractivity contribution is 5.39. The predicted molar refractivity (Wildman–Crippen MR) is 113 cm³/mol. The summed E-state index contributed by atoms with van der Waals surface area (Å²) in [5.74, 6) is 6.72. The maximum atomic E-state index is 14.5. The molecule has 0 bridgehead atoms. The molecule has 0 saturated heterocycles. The molecule has 0 N–H and O–H groups in total. The molecule has 2 saturated carbocycles. The number of rotatable bonds is 6. The van der Waals surface area contributed by atoms with E-state index in [0.29, 0.717) is 5.56 Å². The van der Waals surface area contributed by atoms with Crippen molar-refractivity contribution in [2.75, 3.05) is 0 Å². The maximum absolute atomic E-state index is 14.5. The summed E-state index contributed by atoms with van der Waals surface area (Å²) >= 11 is 0. The van der Waals surface area contributed by atoms with Gasteiger partial charge in [0.15, 0.2) is 11.6 Å². The second-order valence-electron chi connectivity index (χ2n) is 9.18. The van der Waals surface area contributed by atoms with Gasteiger partial charge in [-0.25, -0.2) is 8.78 Å². The van der Waals surface area contributed by atoms with E-state index in [1.807, 2.05) is 0 Å². The number of hydrogen-bond acceptors (Lipinski definition) is 0. The molecular formula is C26H36F2. The Labute approximate surface area is 170 Å². The first-order valence-corrected chi connectivity index (χ1v) is 11.5. The smallest absolute Gasteiger partial charge is 0.174 e. The number of halogens is 2. The SMILES string of the molecule is CC#Cc1ccc(C2CCC(CCC3CCC(CCC)CC3)CC2)c(F)c1F. The van der Waals surface area contributed by atoms with Gasteiger partial charge in [0.1, 0.15) is 0 Å². The molecule has 0 radical (unpaired) electrons. The lowest BCUT2D eigenvalue weighted by Crippen LogP contribution is -2.18. The molecule has 0 heterocycles. The van der Waals surface area contributed by atoms with Crippen LogP contribution in [0.2, 0.25) is 0 Å². The summed E-state index contributed by atoms with van der Waals surface area (Å²) in [5.41, 5.74) is 0.734. The van der Waals surface area contributed by atoms with Crippen molar-refractivity contribution >= 4 is 0 Å². The summed E-state index contributed by atoms with van der Waals surface area (Å²) in [6.07, 6.45) is 15.5. The molecule has 154 valence electrons. The van der Waals surface area contributed by atoms with Gasteiger partial charge in [-0.15, -0.1) is 5.92 Å². The van der Waals surface area contributed by atoms with Crippen LogP contribution < -0.4 is 0 Å². The Bertz CT molecular complexity index is 680. The van der Waals surface area contributed by atoms with Crippen molar-refractivity contribution in [2.24, 2.45) is 17.8 Å². The van der Waals surface area contributed by atoms with Crippen molar-refractivity contribution in [2.45, 2.75) is 96.8 Å². The average molecular weight is 387 g/mol. The average Bonchev–Trinajstić information content (AvgIpc) is 2.72. The van der Waals surface area contributed by atoms with Crippen molar-refractivity contribution in [1.82, 2.24) is 0 Å². The lowest BCUT2D eigenvalue weighted by molar-refractivity contribution is 0.223. The van der Waals surface area contributed by atoms with E-state index in [-0.39, 0.29) is 11.5 Å². The summed E-state index contributed by atoms with van der Waals surface area (Å²) in [4.78, 5) is 0. The summed E-state index contributed by atoms with van der Waals surface area (Å²) in [5, 5.41) is 0. The molecule has 3 rings (SSSR count). The molecule has 0 nitrogen and oxygen atoms in total. The first kappa shape index (κ1) is 21.4. The Morgan fingerprint density at radius 2 is 1.32 bits per heavy atom. The van der Waals surface area contributed by atoms with E-state index < -0.39 is 11.6 Å². The first-order valence-electron chi connectivity index (χ1n) is 11.5. The fourth-order valence-electron chi connectivity index (χ4n) is 5.56. The third kappa shape index (κ3) is 5.37. The Morgan fingerprint density at radius 3 is 1.86 bits per heavy atom. The highest BCUT2D eigenvalue weighted by atomic mass is 19.2. The summed E-state index contributed by atoms with van der Waals surface area (Å²) in [7, 11) is 0. The molecule has 2 aliphatic carbocycles. The fraction of sp³-hybridized carbons (Fsp3) is 0.692. The maximum Gasteiger partial charge on any atom is 0.174 e. The van der Waals surface area contributed by atoms with Crippen LogP contribution in [0, 0.1) is 41.2 Å². The van der Waals surface area contributed by atoms with Crippen LogP contribution in [0.3, 0.4) is 0 Å². The normalized spacial score (nSPS) is 27.9. The van der Waals surface area contributed by atoms with Crippen molar-refractivity contribution < 1.29 is 8.78 Å². The molecule has 2 fully saturated rings. The van der Waals surface area contributed by atoms with Crippen LogP contribution in [0.15, 0.2) is 12.1 Å². The largest absolute Gasteiger partial charge is 0.203 e. The van der Waals surface area contributed by atoms with Gasteiger partial charge in [-0.05, 0) is 67.9 Å². The molecule has 1 aromatic carbocycles. The Kier molecular flexibility index (Phi) is 7.95. The summed E-state index contributed by atoms with van der Waals surface area (Å²) in [6.45, 7) is 3.94. The minimum Gasteiger partial charge on any atom is -0.203 e. The monoisotopic (exact) mass is 386 g/mol.